The highest BCUT2D eigenvalue weighted by Crippen LogP contribution is 2.20. The van der Waals surface area contributed by atoms with Crippen molar-refractivity contribution < 1.29 is 4.79 Å². The largest absolute Gasteiger partial charge is 0.338 e. The van der Waals surface area contributed by atoms with Gasteiger partial charge in [0.15, 0.2) is 0 Å². The fourth-order valence-corrected chi connectivity index (χ4v) is 2.26. The van der Waals surface area contributed by atoms with Gasteiger partial charge in [-0.2, -0.15) is 0 Å². The number of aromatic nitrogens is 2. The van der Waals surface area contributed by atoms with Crippen LogP contribution < -0.4 is 5.32 Å². The molecule has 1 heterocycles. The van der Waals surface area contributed by atoms with Crippen molar-refractivity contribution in [3.8, 4) is 11.4 Å². The van der Waals surface area contributed by atoms with E-state index in [-0.39, 0.29) is 5.91 Å². The lowest BCUT2D eigenvalue weighted by Crippen LogP contribution is -2.07. The Bertz CT molecular complexity index is 840. The number of anilines is 1. The quantitative estimate of drug-likeness (QED) is 0.700. The number of para-hydroxylation sites is 1. The zero-order valence-electron chi connectivity index (χ0n) is 12.2. The predicted octanol–water partition coefficient (Wildman–Crippen LogP) is 4.38. The van der Waals surface area contributed by atoms with Crippen molar-refractivity contribution in [1.29, 1.82) is 0 Å². The number of hydrogen-bond acceptors (Lipinski definition) is 2. The van der Waals surface area contributed by atoms with Gasteiger partial charge in [0.05, 0.1) is 11.9 Å². The summed E-state index contributed by atoms with van der Waals surface area (Å²) in [4.78, 5) is 19.3. The van der Waals surface area contributed by atoms with Crippen molar-refractivity contribution in [2.75, 3.05) is 5.32 Å². The monoisotopic (exact) mass is 323 g/mol. The molecule has 23 heavy (non-hydrogen) atoms. The van der Waals surface area contributed by atoms with Gasteiger partial charge in [-0.05, 0) is 30.3 Å². The maximum atomic E-state index is 11.9. The van der Waals surface area contributed by atoms with Crippen LogP contribution >= 0.6 is 11.6 Å². The van der Waals surface area contributed by atoms with E-state index >= 15 is 0 Å². The van der Waals surface area contributed by atoms with Crippen molar-refractivity contribution in [2.24, 2.45) is 0 Å². The molecule has 0 fully saturated rings. The summed E-state index contributed by atoms with van der Waals surface area (Å²) in [5.74, 6) is 0.505. The van der Waals surface area contributed by atoms with Gasteiger partial charge in [0, 0.05) is 22.3 Å². The zero-order chi connectivity index (χ0) is 16.1. The number of halogens is 1. The van der Waals surface area contributed by atoms with Crippen molar-refractivity contribution in [1.82, 2.24) is 9.97 Å². The fourth-order valence-electron chi connectivity index (χ4n) is 2.07. The van der Waals surface area contributed by atoms with Gasteiger partial charge >= 0.3 is 0 Å². The SMILES string of the molecule is O=C(/C=C\c1cnc(-c2cccc(Cl)c2)[nH]1)Nc1ccccc1. The minimum atomic E-state index is -0.199. The molecule has 114 valence electrons. The Kier molecular flexibility index (Phi) is 4.54. The Morgan fingerprint density at radius 2 is 1.96 bits per heavy atom. The van der Waals surface area contributed by atoms with Crippen LogP contribution in [0.2, 0.25) is 5.02 Å². The number of carbonyl (C=O) groups is 1. The van der Waals surface area contributed by atoms with Crippen molar-refractivity contribution in [3.63, 3.8) is 0 Å². The number of rotatable bonds is 4. The number of imidazole rings is 1. The van der Waals surface area contributed by atoms with Crippen LogP contribution in [0.5, 0.6) is 0 Å². The van der Waals surface area contributed by atoms with Crippen LogP contribution in [-0.2, 0) is 4.79 Å². The normalized spacial score (nSPS) is 10.8. The van der Waals surface area contributed by atoms with E-state index in [4.69, 9.17) is 11.6 Å². The highest BCUT2D eigenvalue weighted by Gasteiger charge is 2.03. The van der Waals surface area contributed by atoms with E-state index in [2.05, 4.69) is 15.3 Å². The van der Waals surface area contributed by atoms with Crippen LogP contribution in [0, 0.1) is 0 Å². The maximum Gasteiger partial charge on any atom is 0.248 e. The summed E-state index contributed by atoms with van der Waals surface area (Å²) in [6.07, 6.45) is 4.81. The van der Waals surface area contributed by atoms with E-state index < -0.39 is 0 Å². The summed E-state index contributed by atoms with van der Waals surface area (Å²) in [5.41, 5.74) is 2.39. The number of amides is 1. The number of aromatic amines is 1. The highest BCUT2D eigenvalue weighted by molar-refractivity contribution is 6.30. The van der Waals surface area contributed by atoms with E-state index in [1.165, 1.54) is 6.08 Å². The first-order chi connectivity index (χ1) is 11.2. The van der Waals surface area contributed by atoms with Crippen molar-refractivity contribution in [3.05, 3.63) is 77.6 Å². The van der Waals surface area contributed by atoms with Gasteiger partial charge in [-0.3, -0.25) is 4.79 Å². The summed E-state index contributed by atoms with van der Waals surface area (Å²) in [5, 5.41) is 3.43. The molecule has 4 nitrogen and oxygen atoms in total. The molecule has 3 aromatic rings. The van der Waals surface area contributed by atoms with Gasteiger partial charge < -0.3 is 10.3 Å². The molecule has 0 unspecified atom stereocenters. The number of nitrogens with one attached hydrogen (secondary N) is 2. The van der Waals surface area contributed by atoms with E-state index in [9.17, 15) is 4.79 Å². The van der Waals surface area contributed by atoms with Crippen LogP contribution in [0.15, 0.2) is 66.9 Å². The first kappa shape index (κ1) is 15.1. The third kappa shape index (κ3) is 4.08. The lowest BCUT2D eigenvalue weighted by atomic mass is 10.2. The Labute approximate surface area is 138 Å². The molecule has 0 atom stereocenters. The molecule has 0 radical (unpaired) electrons. The van der Waals surface area contributed by atoms with Gasteiger partial charge in [-0.1, -0.05) is 41.9 Å². The molecule has 0 bridgehead atoms. The molecule has 0 aliphatic heterocycles. The highest BCUT2D eigenvalue weighted by atomic mass is 35.5. The van der Waals surface area contributed by atoms with Gasteiger partial charge in [0.1, 0.15) is 5.82 Å². The van der Waals surface area contributed by atoms with Crippen LogP contribution in [-0.4, -0.2) is 15.9 Å². The predicted molar refractivity (Wildman–Crippen MR) is 93.1 cm³/mol. The van der Waals surface area contributed by atoms with E-state index in [1.54, 1.807) is 12.3 Å². The minimum absolute atomic E-state index is 0.199. The summed E-state index contributed by atoms with van der Waals surface area (Å²) < 4.78 is 0. The second-order valence-corrected chi connectivity index (χ2v) is 5.32. The lowest BCUT2D eigenvalue weighted by Gasteiger charge is -2.00. The third-order valence-electron chi connectivity index (χ3n) is 3.15. The average molecular weight is 324 g/mol. The van der Waals surface area contributed by atoms with Gasteiger partial charge in [-0.25, -0.2) is 4.98 Å². The van der Waals surface area contributed by atoms with Crippen LogP contribution in [0.1, 0.15) is 5.69 Å². The molecule has 2 N–H and O–H groups in total. The topological polar surface area (TPSA) is 57.8 Å². The van der Waals surface area contributed by atoms with E-state index in [0.717, 1.165) is 16.9 Å². The Hall–Kier alpha value is -2.85. The molecule has 5 heteroatoms. The Balaban J connectivity index is 1.68. The lowest BCUT2D eigenvalue weighted by molar-refractivity contribution is -0.111. The summed E-state index contributed by atoms with van der Waals surface area (Å²) in [6.45, 7) is 0. The van der Waals surface area contributed by atoms with E-state index in [1.807, 2.05) is 54.6 Å². The fraction of sp³-hybridized carbons (Fsp3) is 0. The molecule has 2 aromatic carbocycles. The number of nitrogens with zero attached hydrogens (tertiary/aromatic N) is 1. The number of hydrogen-bond donors (Lipinski definition) is 2. The van der Waals surface area contributed by atoms with Gasteiger partial charge in [0.2, 0.25) is 5.91 Å². The molecule has 0 aliphatic rings. The Morgan fingerprint density at radius 1 is 1.13 bits per heavy atom. The first-order valence-electron chi connectivity index (χ1n) is 7.06. The maximum absolute atomic E-state index is 11.9. The molecule has 1 aromatic heterocycles. The zero-order valence-corrected chi connectivity index (χ0v) is 12.9. The molecular formula is C18H14ClN3O. The van der Waals surface area contributed by atoms with Crippen molar-refractivity contribution in [2.45, 2.75) is 0 Å². The average Bonchev–Trinajstić information content (AvgIpc) is 3.03. The molecule has 0 saturated heterocycles. The number of H-pyrrole nitrogens is 1. The first-order valence-corrected chi connectivity index (χ1v) is 7.43. The minimum Gasteiger partial charge on any atom is -0.338 e. The molecule has 0 saturated carbocycles. The second kappa shape index (κ2) is 6.94. The molecule has 0 spiro atoms. The summed E-state index contributed by atoms with van der Waals surface area (Å²) in [7, 11) is 0. The van der Waals surface area contributed by atoms with Crippen LogP contribution in [0.25, 0.3) is 17.5 Å². The van der Waals surface area contributed by atoms with Gasteiger partial charge in [0.25, 0.3) is 0 Å². The summed E-state index contributed by atoms with van der Waals surface area (Å²) >= 11 is 5.97. The summed E-state index contributed by atoms with van der Waals surface area (Å²) in [6, 6.07) is 16.7. The van der Waals surface area contributed by atoms with Crippen LogP contribution in [0.3, 0.4) is 0 Å². The Morgan fingerprint density at radius 3 is 2.74 bits per heavy atom. The van der Waals surface area contributed by atoms with Crippen molar-refractivity contribution >= 4 is 29.3 Å². The standard InChI is InChI=1S/C18H14ClN3O/c19-14-6-4-5-13(11-14)18-20-12-16(22-18)9-10-17(23)21-15-7-2-1-3-8-15/h1-12H,(H,20,22)(H,21,23)/b10-9-. The third-order valence-corrected chi connectivity index (χ3v) is 3.38. The van der Waals surface area contributed by atoms with E-state index in [0.29, 0.717) is 10.8 Å². The molecule has 3 rings (SSSR count). The number of benzene rings is 2. The molecular weight excluding hydrogens is 310 g/mol. The van der Waals surface area contributed by atoms with Gasteiger partial charge in [-0.15, -0.1) is 0 Å². The smallest absolute Gasteiger partial charge is 0.248 e. The number of carbonyl (C=O) groups excluding carboxylic acids is 1. The molecule has 1 amide bonds. The second-order valence-electron chi connectivity index (χ2n) is 4.89. The van der Waals surface area contributed by atoms with Crippen LogP contribution in [0.4, 0.5) is 5.69 Å². The molecule has 0 aliphatic carbocycles.